The van der Waals surface area contributed by atoms with Crippen LogP contribution in [0.4, 0.5) is 0 Å². The molecule has 0 aromatic carbocycles. The third-order valence-corrected chi connectivity index (χ3v) is 7.64. The molecule has 4 nitrogen and oxygen atoms in total. The summed E-state index contributed by atoms with van der Waals surface area (Å²) in [5.74, 6) is 0.0543. The lowest BCUT2D eigenvalue weighted by Gasteiger charge is -2.41. The van der Waals surface area contributed by atoms with Crippen LogP contribution in [0.2, 0.25) is 0 Å². The van der Waals surface area contributed by atoms with Crippen molar-refractivity contribution in [2.45, 2.75) is 156 Å². The predicted octanol–water partition coefficient (Wildman–Crippen LogP) is 8.30. The first-order chi connectivity index (χ1) is 16.6. The van der Waals surface area contributed by atoms with Crippen LogP contribution in [0.3, 0.4) is 0 Å². The molecule has 1 rings (SSSR count). The van der Waals surface area contributed by atoms with E-state index in [-0.39, 0.29) is 12.1 Å². The molecule has 1 aliphatic rings. The van der Waals surface area contributed by atoms with Crippen molar-refractivity contribution < 1.29 is 9.28 Å². The molecule has 0 radical (unpaired) electrons. The predicted molar refractivity (Wildman–Crippen MR) is 148 cm³/mol. The van der Waals surface area contributed by atoms with E-state index >= 15 is 0 Å². The SMILES string of the molecule is CCCC/C=C/CCCCCCCCCCCCCCCC1NC=C[N+]1(CC)C(C)NC(C)=O. The van der Waals surface area contributed by atoms with Crippen LogP contribution in [0.5, 0.6) is 0 Å². The van der Waals surface area contributed by atoms with Gasteiger partial charge in [0.1, 0.15) is 6.20 Å². The standard InChI is InChI=1S/C30H57N3O/c1-5-7-8-9-10-11-12-13-14-15-16-17-18-19-20-21-22-23-24-25-30-31-26-27-33(30,6-2)28(3)32-29(4)34/h9-10,26-28,30-31H,5-8,11-25H2,1-4H3/p+1/b10-9+. The highest BCUT2D eigenvalue weighted by atomic mass is 16.1. The summed E-state index contributed by atoms with van der Waals surface area (Å²) in [5, 5.41) is 6.66. The summed E-state index contributed by atoms with van der Waals surface area (Å²) in [6, 6.07) is 0. The zero-order chi connectivity index (χ0) is 24.9. The number of hydrogen-bond donors (Lipinski definition) is 2. The molecule has 0 saturated heterocycles. The third kappa shape index (κ3) is 13.0. The summed E-state index contributed by atoms with van der Waals surface area (Å²) >= 11 is 0. The molecule has 1 heterocycles. The lowest BCUT2D eigenvalue weighted by atomic mass is 10.0. The number of rotatable bonds is 22. The van der Waals surface area contributed by atoms with Gasteiger partial charge < -0.3 is 10.6 Å². The molecule has 34 heavy (non-hydrogen) atoms. The molecule has 0 bridgehead atoms. The van der Waals surface area contributed by atoms with Crippen molar-refractivity contribution in [1.82, 2.24) is 10.6 Å². The van der Waals surface area contributed by atoms with Crippen LogP contribution >= 0.6 is 0 Å². The number of nitrogens with one attached hydrogen (secondary N) is 2. The Balaban J connectivity index is 1.93. The Bertz CT molecular complexity index is 559. The van der Waals surface area contributed by atoms with Crippen molar-refractivity contribution >= 4 is 5.91 Å². The van der Waals surface area contributed by atoms with Gasteiger partial charge in [-0.15, -0.1) is 0 Å². The van der Waals surface area contributed by atoms with Crippen LogP contribution in [0.1, 0.15) is 143 Å². The van der Waals surface area contributed by atoms with Gasteiger partial charge in [0.25, 0.3) is 0 Å². The fraction of sp³-hybridized carbons (Fsp3) is 0.833. The average Bonchev–Trinajstić information content (AvgIpc) is 3.24. The minimum atomic E-state index is 0.0543. The van der Waals surface area contributed by atoms with Crippen molar-refractivity contribution in [3.8, 4) is 0 Å². The summed E-state index contributed by atoms with van der Waals surface area (Å²) in [7, 11) is 0. The highest BCUT2D eigenvalue weighted by molar-refractivity contribution is 5.72. The summed E-state index contributed by atoms with van der Waals surface area (Å²) < 4.78 is 0.815. The van der Waals surface area contributed by atoms with Crippen molar-refractivity contribution in [3.63, 3.8) is 0 Å². The molecule has 198 valence electrons. The Hall–Kier alpha value is -1.29. The van der Waals surface area contributed by atoms with Gasteiger partial charge in [-0.25, -0.2) is 0 Å². The molecule has 3 unspecified atom stereocenters. The quantitative estimate of drug-likeness (QED) is 0.0937. The van der Waals surface area contributed by atoms with Crippen LogP contribution in [0, 0.1) is 0 Å². The number of carbonyl (C=O) groups is 1. The van der Waals surface area contributed by atoms with Gasteiger partial charge in [0.2, 0.25) is 5.91 Å². The molecule has 4 heteroatoms. The number of quaternary nitrogens is 1. The fourth-order valence-corrected chi connectivity index (χ4v) is 5.37. The Kier molecular flexibility index (Phi) is 18.0. The molecule has 0 aliphatic carbocycles. The van der Waals surface area contributed by atoms with Gasteiger partial charge in [0.15, 0.2) is 12.3 Å². The van der Waals surface area contributed by atoms with Gasteiger partial charge >= 0.3 is 0 Å². The van der Waals surface area contributed by atoms with E-state index in [0.717, 1.165) is 11.0 Å². The van der Waals surface area contributed by atoms with E-state index in [1.54, 1.807) is 6.92 Å². The summed E-state index contributed by atoms with van der Waals surface area (Å²) in [6.07, 6.45) is 34.0. The average molecular weight is 477 g/mol. The maximum absolute atomic E-state index is 11.5. The van der Waals surface area contributed by atoms with Crippen LogP contribution in [-0.4, -0.2) is 29.3 Å². The van der Waals surface area contributed by atoms with Crippen molar-refractivity contribution in [2.75, 3.05) is 6.54 Å². The topological polar surface area (TPSA) is 41.1 Å². The van der Waals surface area contributed by atoms with Crippen LogP contribution in [-0.2, 0) is 4.79 Å². The van der Waals surface area contributed by atoms with Gasteiger partial charge in [-0.05, 0) is 32.6 Å². The lowest BCUT2D eigenvalue weighted by molar-refractivity contribution is -0.923. The number of unbranched alkanes of at least 4 members (excludes halogenated alkanes) is 15. The van der Waals surface area contributed by atoms with Crippen molar-refractivity contribution in [3.05, 3.63) is 24.6 Å². The minimum absolute atomic E-state index is 0.0543. The summed E-state index contributed by atoms with van der Waals surface area (Å²) in [4.78, 5) is 11.5. The van der Waals surface area contributed by atoms with Gasteiger partial charge in [-0.3, -0.25) is 9.28 Å². The molecule has 0 aromatic heterocycles. The number of carbonyl (C=O) groups excluding carboxylic acids is 1. The molecule has 0 saturated carbocycles. The number of nitrogens with zero attached hydrogens (tertiary/aromatic N) is 1. The smallest absolute Gasteiger partial charge is 0.221 e. The second kappa shape index (κ2) is 20.0. The summed E-state index contributed by atoms with van der Waals surface area (Å²) in [6.45, 7) is 9.21. The van der Waals surface area contributed by atoms with Crippen molar-refractivity contribution in [2.24, 2.45) is 0 Å². The number of amides is 1. The van der Waals surface area contributed by atoms with E-state index in [2.05, 4.69) is 56.0 Å². The van der Waals surface area contributed by atoms with Crippen LogP contribution < -0.4 is 10.6 Å². The fourth-order valence-electron chi connectivity index (χ4n) is 5.37. The highest BCUT2D eigenvalue weighted by Gasteiger charge is 2.41. The van der Waals surface area contributed by atoms with Gasteiger partial charge in [0.05, 0.1) is 12.7 Å². The number of hydrogen-bond acceptors (Lipinski definition) is 2. The Morgan fingerprint density at radius 1 is 0.853 bits per heavy atom. The third-order valence-electron chi connectivity index (χ3n) is 7.64. The first-order valence-electron chi connectivity index (χ1n) is 14.8. The number of allylic oxidation sites excluding steroid dienone is 2. The molecule has 3 atom stereocenters. The van der Waals surface area contributed by atoms with Gasteiger partial charge in [-0.2, -0.15) is 0 Å². The molecule has 0 aromatic rings. The van der Waals surface area contributed by atoms with E-state index in [0.29, 0.717) is 6.17 Å². The molecule has 1 amide bonds. The molecule has 0 spiro atoms. The zero-order valence-corrected chi connectivity index (χ0v) is 23.3. The largest absolute Gasteiger partial charge is 0.338 e. The second-order valence-electron chi connectivity index (χ2n) is 10.5. The van der Waals surface area contributed by atoms with E-state index < -0.39 is 0 Å². The maximum atomic E-state index is 11.5. The first kappa shape index (κ1) is 30.7. The van der Waals surface area contributed by atoms with E-state index in [1.165, 1.54) is 116 Å². The van der Waals surface area contributed by atoms with Crippen molar-refractivity contribution in [1.29, 1.82) is 0 Å². The zero-order valence-electron chi connectivity index (χ0n) is 23.3. The van der Waals surface area contributed by atoms with Gasteiger partial charge in [-0.1, -0.05) is 103 Å². The van der Waals surface area contributed by atoms with E-state index in [4.69, 9.17) is 0 Å². The Morgan fingerprint density at radius 2 is 1.35 bits per heavy atom. The highest BCUT2D eigenvalue weighted by Crippen LogP contribution is 2.26. The molecule has 0 fully saturated rings. The molecular weight excluding hydrogens is 418 g/mol. The molecule has 1 aliphatic heterocycles. The van der Waals surface area contributed by atoms with Gasteiger partial charge in [0, 0.05) is 20.3 Å². The minimum Gasteiger partial charge on any atom is -0.338 e. The maximum Gasteiger partial charge on any atom is 0.221 e. The summed E-state index contributed by atoms with van der Waals surface area (Å²) in [5.41, 5.74) is 0. The van der Waals surface area contributed by atoms with Crippen LogP contribution in [0.15, 0.2) is 24.6 Å². The van der Waals surface area contributed by atoms with E-state index in [1.807, 2.05) is 0 Å². The van der Waals surface area contributed by atoms with E-state index in [9.17, 15) is 4.79 Å². The normalized spacial score (nSPS) is 20.6. The Morgan fingerprint density at radius 3 is 1.85 bits per heavy atom. The van der Waals surface area contributed by atoms with Crippen LogP contribution in [0.25, 0.3) is 0 Å². The monoisotopic (exact) mass is 476 g/mol. The second-order valence-corrected chi connectivity index (χ2v) is 10.5. The lowest BCUT2D eigenvalue weighted by Crippen LogP contribution is -2.62. The molecule has 2 N–H and O–H groups in total. The molecular formula is C30H58N3O+. The Labute approximate surface area is 212 Å². The first-order valence-corrected chi connectivity index (χ1v) is 14.8.